The number of hydrogen-bond donors (Lipinski definition) is 3. The van der Waals surface area contributed by atoms with Crippen molar-refractivity contribution in [2.24, 2.45) is 5.73 Å². The Hall–Kier alpha value is -1.67. The third-order valence-corrected chi connectivity index (χ3v) is 4.75. The summed E-state index contributed by atoms with van der Waals surface area (Å²) in [6.07, 6.45) is -0.464. The van der Waals surface area contributed by atoms with E-state index in [1.807, 2.05) is 6.07 Å². The molecule has 0 saturated heterocycles. The first-order chi connectivity index (χ1) is 8.85. The lowest BCUT2D eigenvalue weighted by molar-refractivity contribution is -0.137. The number of nitrogens with zero attached hydrogens (tertiary/aromatic N) is 1. The van der Waals surface area contributed by atoms with Crippen LogP contribution in [0.4, 0.5) is 0 Å². The Balaban J connectivity index is 2.75. The zero-order chi connectivity index (χ0) is 14.5. The number of aliphatic carboxylic acids is 1. The van der Waals surface area contributed by atoms with Gasteiger partial charge in [-0.2, -0.15) is 5.26 Å². The Morgan fingerprint density at radius 2 is 2.21 bits per heavy atom. The molecule has 4 N–H and O–H groups in total. The SMILES string of the molecule is N#Cc1cccc(CP(=O)(O)C(N)CCC(=O)O)c1. The van der Waals surface area contributed by atoms with E-state index in [-0.39, 0.29) is 19.0 Å². The van der Waals surface area contributed by atoms with Crippen molar-refractivity contribution in [3.05, 3.63) is 35.4 Å². The van der Waals surface area contributed by atoms with E-state index in [1.165, 1.54) is 6.07 Å². The number of rotatable bonds is 6. The highest BCUT2D eigenvalue weighted by Crippen LogP contribution is 2.48. The molecule has 0 saturated carbocycles. The van der Waals surface area contributed by atoms with Crippen LogP contribution in [0, 0.1) is 11.3 Å². The largest absolute Gasteiger partial charge is 0.481 e. The molecule has 1 rings (SSSR count). The van der Waals surface area contributed by atoms with Crippen LogP contribution in [0.25, 0.3) is 0 Å². The van der Waals surface area contributed by atoms with Crippen LogP contribution in [0.5, 0.6) is 0 Å². The van der Waals surface area contributed by atoms with E-state index in [0.717, 1.165) is 0 Å². The number of carbonyl (C=O) groups is 1. The second-order valence-corrected chi connectivity index (χ2v) is 6.72. The summed E-state index contributed by atoms with van der Waals surface area (Å²) in [5.74, 6) is -2.13. The number of benzene rings is 1. The first kappa shape index (κ1) is 15.4. The smallest absolute Gasteiger partial charge is 0.303 e. The van der Waals surface area contributed by atoms with Gasteiger partial charge in [-0.1, -0.05) is 12.1 Å². The van der Waals surface area contributed by atoms with Gasteiger partial charge >= 0.3 is 5.97 Å². The van der Waals surface area contributed by atoms with Crippen LogP contribution in [-0.4, -0.2) is 21.8 Å². The molecule has 1 aromatic rings. The quantitative estimate of drug-likeness (QED) is 0.679. The topological polar surface area (TPSA) is 124 Å². The van der Waals surface area contributed by atoms with Crippen molar-refractivity contribution < 1.29 is 19.4 Å². The van der Waals surface area contributed by atoms with Crippen molar-refractivity contribution in [1.29, 1.82) is 5.26 Å². The molecule has 0 aliphatic heterocycles. The Bertz CT molecular complexity index is 553. The van der Waals surface area contributed by atoms with E-state index in [1.54, 1.807) is 18.2 Å². The van der Waals surface area contributed by atoms with Gasteiger partial charge in [0.1, 0.15) is 0 Å². The summed E-state index contributed by atoms with van der Waals surface area (Å²) in [6.45, 7) is 0. The van der Waals surface area contributed by atoms with Gasteiger partial charge in [0.25, 0.3) is 0 Å². The number of carboxylic acids is 1. The van der Waals surface area contributed by atoms with Crippen LogP contribution in [0.1, 0.15) is 24.0 Å². The van der Waals surface area contributed by atoms with Crippen molar-refractivity contribution in [1.82, 2.24) is 0 Å². The van der Waals surface area contributed by atoms with Crippen molar-refractivity contribution in [2.75, 3.05) is 0 Å². The highest BCUT2D eigenvalue weighted by atomic mass is 31.2. The first-order valence-electron chi connectivity index (χ1n) is 5.63. The van der Waals surface area contributed by atoms with Crippen LogP contribution < -0.4 is 5.73 Å². The fourth-order valence-corrected chi connectivity index (χ4v) is 3.08. The van der Waals surface area contributed by atoms with E-state index in [2.05, 4.69) is 0 Å². The molecule has 19 heavy (non-hydrogen) atoms. The fourth-order valence-electron chi connectivity index (χ4n) is 1.59. The van der Waals surface area contributed by atoms with Crippen LogP contribution in [-0.2, 0) is 15.5 Å². The molecule has 0 fully saturated rings. The van der Waals surface area contributed by atoms with E-state index in [9.17, 15) is 14.3 Å². The molecular weight excluding hydrogens is 267 g/mol. The van der Waals surface area contributed by atoms with Gasteiger partial charge in [-0.25, -0.2) is 0 Å². The second-order valence-electron chi connectivity index (χ2n) is 4.23. The summed E-state index contributed by atoms with van der Waals surface area (Å²) in [5.41, 5.74) is 6.51. The lowest BCUT2D eigenvalue weighted by Crippen LogP contribution is -2.22. The van der Waals surface area contributed by atoms with E-state index >= 15 is 0 Å². The predicted octanol–water partition coefficient (Wildman–Crippen LogP) is 1.48. The molecule has 2 unspecified atom stereocenters. The Labute approximate surface area is 110 Å². The molecule has 6 nitrogen and oxygen atoms in total. The van der Waals surface area contributed by atoms with Gasteiger partial charge in [0.05, 0.1) is 23.6 Å². The minimum Gasteiger partial charge on any atom is -0.481 e. The summed E-state index contributed by atoms with van der Waals surface area (Å²) in [7, 11) is -3.69. The molecule has 0 aliphatic carbocycles. The molecule has 0 amide bonds. The van der Waals surface area contributed by atoms with Gasteiger partial charge in [0, 0.05) is 6.42 Å². The van der Waals surface area contributed by atoms with Crippen molar-refractivity contribution >= 4 is 13.3 Å². The Morgan fingerprint density at radius 1 is 1.53 bits per heavy atom. The Morgan fingerprint density at radius 3 is 2.79 bits per heavy atom. The molecule has 7 heteroatoms. The van der Waals surface area contributed by atoms with Crippen molar-refractivity contribution in [2.45, 2.75) is 24.8 Å². The normalized spacial score (nSPS) is 15.2. The second kappa shape index (κ2) is 6.48. The highest BCUT2D eigenvalue weighted by Gasteiger charge is 2.28. The molecule has 0 aliphatic rings. The van der Waals surface area contributed by atoms with E-state index in [0.29, 0.717) is 11.1 Å². The molecular formula is C12H15N2O4P. The number of carboxylic acid groups (broad SMARTS) is 1. The minimum absolute atomic E-state index is 0.0545. The zero-order valence-electron chi connectivity index (χ0n) is 10.2. The minimum atomic E-state index is -3.69. The van der Waals surface area contributed by atoms with Gasteiger partial charge in [-0.3, -0.25) is 9.36 Å². The summed E-state index contributed by atoms with van der Waals surface area (Å²) in [5, 5.41) is 17.3. The molecule has 2 atom stereocenters. The summed E-state index contributed by atoms with van der Waals surface area (Å²) < 4.78 is 12.1. The highest BCUT2D eigenvalue weighted by molar-refractivity contribution is 7.57. The maximum Gasteiger partial charge on any atom is 0.303 e. The Kier molecular flexibility index (Phi) is 5.25. The molecule has 102 valence electrons. The average molecular weight is 282 g/mol. The summed E-state index contributed by atoms with van der Waals surface area (Å²) >= 11 is 0. The van der Waals surface area contributed by atoms with Gasteiger partial charge in [-0.05, 0) is 24.1 Å². The molecule has 0 heterocycles. The van der Waals surface area contributed by atoms with Gasteiger partial charge in [-0.15, -0.1) is 0 Å². The molecule has 0 bridgehead atoms. The van der Waals surface area contributed by atoms with Crippen LogP contribution in [0.15, 0.2) is 24.3 Å². The average Bonchev–Trinajstić information content (AvgIpc) is 2.35. The molecule has 1 aromatic carbocycles. The fraction of sp³-hybridized carbons (Fsp3) is 0.333. The molecule has 0 radical (unpaired) electrons. The summed E-state index contributed by atoms with van der Waals surface area (Å²) in [6, 6.07) is 8.31. The zero-order valence-corrected chi connectivity index (χ0v) is 11.1. The third-order valence-electron chi connectivity index (χ3n) is 2.64. The maximum absolute atomic E-state index is 12.1. The number of nitriles is 1. The van der Waals surface area contributed by atoms with E-state index in [4.69, 9.17) is 16.1 Å². The third kappa shape index (κ3) is 4.84. The first-order valence-corrected chi connectivity index (χ1v) is 7.54. The standard InChI is InChI=1S/C12H15N2O4P/c13-7-9-2-1-3-10(6-9)8-19(17,18)11(14)4-5-12(15)16/h1-3,6,11H,4-5,8,14H2,(H,15,16)(H,17,18). The van der Waals surface area contributed by atoms with E-state index < -0.39 is 19.1 Å². The monoisotopic (exact) mass is 282 g/mol. The van der Waals surface area contributed by atoms with Crippen LogP contribution in [0.2, 0.25) is 0 Å². The van der Waals surface area contributed by atoms with Gasteiger partial charge in [0.15, 0.2) is 0 Å². The number of hydrogen-bond acceptors (Lipinski definition) is 4. The van der Waals surface area contributed by atoms with Gasteiger partial charge < -0.3 is 15.7 Å². The molecule has 0 spiro atoms. The van der Waals surface area contributed by atoms with Crippen molar-refractivity contribution in [3.63, 3.8) is 0 Å². The van der Waals surface area contributed by atoms with Crippen LogP contribution >= 0.6 is 7.37 Å². The van der Waals surface area contributed by atoms with Crippen molar-refractivity contribution in [3.8, 4) is 6.07 Å². The molecule has 0 aromatic heterocycles. The lowest BCUT2D eigenvalue weighted by Gasteiger charge is -2.18. The number of nitrogens with two attached hydrogens (primary N) is 1. The lowest BCUT2D eigenvalue weighted by atomic mass is 10.2. The van der Waals surface area contributed by atoms with Gasteiger partial charge in [0.2, 0.25) is 7.37 Å². The summed E-state index contributed by atoms with van der Waals surface area (Å²) in [4.78, 5) is 20.3. The predicted molar refractivity (Wildman–Crippen MR) is 69.5 cm³/mol. The van der Waals surface area contributed by atoms with Crippen LogP contribution in [0.3, 0.4) is 0 Å². The maximum atomic E-state index is 12.1.